The van der Waals surface area contributed by atoms with Gasteiger partial charge in [0.05, 0.1) is 6.54 Å². The van der Waals surface area contributed by atoms with Gasteiger partial charge in [0.25, 0.3) is 0 Å². The van der Waals surface area contributed by atoms with Gasteiger partial charge in [0.1, 0.15) is 0 Å². The van der Waals surface area contributed by atoms with Gasteiger partial charge in [0, 0.05) is 22.3 Å². The first-order chi connectivity index (χ1) is 6.66. The van der Waals surface area contributed by atoms with Crippen LogP contribution in [0, 0.1) is 5.41 Å². The molecule has 0 unspecified atom stereocenters. The van der Waals surface area contributed by atoms with Crippen LogP contribution in [0.2, 0.25) is 0 Å². The van der Waals surface area contributed by atoms with Gasteiger partial charge in [-0.05, 0) is 12.5 Å². The molecule has 0 atom stereocenters. The van der Waals surface area contributed by atoms with E-state index in [2.05, 4.69) is 0 Å². The number of nitrogens with zero attached hydrogens (tertiary/aromatic N) is 2. The number of rotatable bonds is 1. The fraction of sp³-hybridized carbons (Fsp3) is 0.900. The van der Waals surface area contributed by atoms with E-state index in [4.69, 9.17) is 2.74 Å². The molecule has 1 heterocycles. The minimum atomic E-state index is -1.58. The number of amides is 1. The first kappa shape index (κ1) is 7.80. The third kappa shape index (κ3) is 3.35. The number of hydrogen-bond acceptors (Lipinski definition) is 2. The van der Waals surface area contributed by atoms with Gasteiger partial charge < -0.3 is 4.90 Å². The molecule has 1 aliphatic heterocycles. The first-order valence-electron chi connectivity index (χ1n) is 5.65. The van der Waals surface area contributed by atoms with Crippen molar-refractivity contribution in [3.63, 3.8) is 0 Å². The molecule has 3 heteroatoms. The lowest BCUT2D eigenvalue weighted by atomic mass is 9.96. The Morgan fingerprint density at radius 2 is 2.08 bits per heavy atom. The molecule has 3 nitrogen and oxygen atoms in total. The highest BCUT2D eigenvalue weighted by atomic mass is 16.2. The summed E-state index contributed by atoms with van der Waals surface area (Å²) in [5.74, 6) is -0.122. The number of carbonyl (C=O) groups excluding carboxylic acids is 1. The van der Waals surface area contributed by atoms with Crippen LogP contribution < -0.4 is 0 Å². The summed E-state index contributed by atoms with van der Waals surface area (Å²) in [6.07, 6.45) is 0. The topological polar surface area (TPSA) is 23.6 Å². The van der Waals surface area contributed by atoms with E-state index in [0.717, 1.165) is 6.54 Å². The highest BCUT2D eigenvalue weighted by Crippen LogP contribution is 2.16. The Labute approximate surface area is 83.5 Å². The standard InChI is InChI=1S/C10H20N2O/c1-10(2,3)8-12-6-5-11(4)7-9(12)13/h5-8H2,1-4H3/i8D2. The van der Waals surface area contributed by atoms with Crippen LogP contribution in [0.25, 0.3) is 0 Å². The zero-order valence-corrected chi connectivity index (χ0v) is 8.92. The summed E-state index contributed by atoms with van der Waals surface area (Å²) in [6, 6.07) is 0. The lowest BCUT2D eigenvalue weighted by molar-refractivity contribution is -0.136. The van der Waals surface area contributed by atoms with E-state index in [1.807, 2.05) is 32.7 Å². The molecule has 1 rings (SSSR count). The van der Waals surface area contributed by atoms with Crippen molar-refractivity contribution < 1.29 is 7.54 Å². The summed E-state index contributed by atoms with van der Waals surface area (Å²) < 4.78 is 16.0. The maximum absolute atomic E-state index is 11.7. The van der Waals surface area contributed by atoms with Gasteiger partial charge in [-0.25, -0.2) is 0 Å². The molecule has 1 aliphatic rings. The van der Waals surface area contributed by atoms with Crippen LogP contribution in [-0.2, 0) is 4.79 Å². The van der Waals surface area contributed by atoms with Crippen molar-refractivity contribution in [2.24, 2.45) is 5.41 Å². The molecule has 1 saturated heterocycles. The lowest BCUT2D eigenvalue weighted by Gasteiger charge is -2.36. The molecule has 0 N–H and O–H groups in total. The second-order valence-corrected chi connectivity index (χ2v) is 4.64. The summed E-state index contributed by atoms with van der Waals surface area (Å²) in [5, 5.41) is 0. The Kier molecular flexibility index (Phi) is 2.20. The second kappa shape index (κ2) is 3.66. The van der Waals surface area contributed by atoms with Crippen molar-refractivity contribution >= 4 is 5.91 Å². The molecule has 0 aromatic heterocycles. The van der Waals surface area contributed by atoms with Crippen molar-refractivity contribution in [2.75, 3.05) is 33.2 Å². The molecular weight excluding hydrogens is 164 g/mol. The van der Waals surface area contributed by atoms with Crippen LogP contribution >= 0.6 is 0 Å². The van der Waals surface area contributed by atoms with Gasteiger partial charge in [0.15, 0.2) is 0 Å². The van der Waals surface area contributed by atoms with Crippen LogP contribution in [0.15, 0.2) is 0 Å². The molecule has 0 spiro atoms. The molecular formula is C10H20N2O. The highest BCUT2D eigenvalue weighted by molar-refractivity contribution is 5.79. The Balaban J connectivity index is 2.84. The molecule has 0 aromatic rings. The quantitative estimate of drug-likeness (QED) is 0.605. The second-order valence-electron chi connectivity index (χ2n) is 4.64. The van der Waals surface area contributed by atoms with Gasteiger partial charge >= 0.3 is 0 Å². The third-order valence-electron chi connectivity index (χ3n) is 1.88. The van der Waals surface area contributed by atoms with E-state index in [0.29, 0.717) is 13.1 Å². The Bertz CT molecular complexity index is 261. The normalized spacial score (nSPS) is 24.3. The molecule has 76 valence electrons. The van der Waals surface area contributed by atoms with Crippen molar-refractivity contribution in [3.8, 4) is 0 Å². The maximum Gasteiger partial charge on any atom is 0.236 e. The number of carbonyl (C=O) groups is 1. The number of likely N-dealkylation sites (N-methyl/N-ethyl adjacent to an activating group) is 1. The fourth-order valence-electron chi connectivity index (χ4n) is 1.31. The smallest absolute Gasteiger partial charge is 0.236 e. The predicted molar refractivity (Wildman–Crippen MR) is 53.5 cm³/mol. The van der Waals surface area contributed by atoms with Crippen LogP contribution in [0.1, 0.15) is 23.5 Å². The first-order valence-corrected chi connectivity index (χ1v) is 4.65. The SMILES string of the molecule is [2H]C([2H])(N1CCN(C)CC1=O)C(C)(C)C. The largest absolute Gasteiger partial charge is 0.340 e. The Morgan fingerprint density at radius 3 is 2.54 bits per heavy atom. The van der Waals surface area contributed by atoms with Crippen molar-refractivity contribution in [1.82, 2.24) is 9.80 Å². The molecule has 0 bridgehead atoms. The molecule has 0 saturated carbocycles. The van der Waals surface area contributed by atoms with Crippen molar-refractivity contribution in [2.45, 2.75) is 20.8 Å². The van der Waals surface area contributed by atoms with Gasteiger partial charge in [0.2, 0.25) is 5.91 Å². The summed E-state index contributed by atoms with van der Waals surface area (Å²) in [4.78, 5) is 15.0. The molecule has 0 aromatic carbocycles. The van der Waals surface area contributed by atoms with E-state index in [9.17, 15) is 4.79 Å². The average molecular weight is 186 g/mol. The monoisotopic (exact) mass is 186 g/mol. The average Bonchev–Trinajstić information content (AvgIpc) is 2.00. The predicted octanol–water partition coefficient (Wildman–Crippen LogP) is 0.806. The molecule has 0 radical (unpaired) electrons. The van der Waals surface area contributed by atoms with E-state index in [1.165, 1.54) is 4.90 Å². The van der Waals surface area contributed by atoms with Crippen LogP contribution in [0.4, 0.5) is 0 Å². The Hall–Kier alpha value is -0.570. The van der Waals surface area contributed by atoms with Gasteiger partial charge in [-0.1, -0.05) is 20.8 Å². The van der Waals surface area contributed by atoms with Crippen LogP contribution in [-0.4, -0.2) is 48.9 Å². The van der Waals surface area contributed by atoms with Crippen molar-refractivity contribution in [3.05, 3.63) is 0 Å². The molecule has 1 fully saturated rings. The van der Waals surface area contributed by atoms with Crippen molar-refractivity contribution in [1.29, 1.82) is 0 Å². The highest BCUT2D eigenvalue weighted by Gasteiger charge is 2.25. The molecule has 13 heavy (non-hydrogen) atoms. The van der Waals surface area contributed by atoms with Gasteiger partial charge in [-0.3, -0.25) is 9.69 Å². The van der Waals surface area contributed by atoms with Crippen LogP contribution in [0.3, 0.4) is 0 Å². The van der Waals surface area contributed by atoms with Gasteiger partial charge in [-0.2, -0.15) is 0 Å². The van der Waals surface area contributed by atoms with E-state index < -0.39 is 11.9 Å². The maximum atomic E-state index is 11.7. The zero-order chi connectivity index (χ0) is 11.9. The number of hydrogen-bond donors (Lipinski definition) is 0. The molecule has 0 aliphatic carbocycles. The summed E-state index contributed by atoms with van der Waals surface area (Å²) in [7, 11) is 1.88. The third-order valence-corrected chi connectivity index (χ3v) is 1.88. The minimum absolute atomic E-state index is 0.122. The summed E-state index contributed by atoms with van der Waals surface area (Å²) in [6.45, 7) is 5.40. The minimum Gasteiger partial charge on any atom is -0.340 e. The van der Waals surface area contributed by atoms with Crippen LogP contribution in [0.5, 0.6) is 0 Å². The zero-order valence-electron chi connectivity index (χ0n) is 10.9. The summed E-state index contributed by atoms with van der Waals surface area (Å²) >= 11 is 0. The number of piperazine rings is 1. The molecule has 1 amide bonds. The van der Waals surface area contributed by atoms with E-state index >= 15 is 0 Å². The summed E-state index contributed by atoms with van der Waals surface area (Å²) in [5.41, 5.74) is -0.557. The van der Waals surface area contributed by atoms with E-state index in [-0.39, 0.29) is 5.91 Å². The fourth-order valence-corrected chi connectivity index (χ4v) is 1.31. The lowest BCUT2D eigenvalue weighted by Crippen LogP contribution is -2.51. The van der Waals surface area contributed by atoms with Gasteiger partial charge in [-0.15, -0.1) is 0 Å². The Morgan fingerprint density at radius 1 is 1.46 bits per heavy atom. The van der Waals surface area contributed by atoms with E-state index in [1.54, 1.807) is 0 Å².